The lowest BCUT2D eigenvalue weighted by Gasteiger charge is -2.06. The lowest BCUT2D eigenvalue weighted by molar-refractivity contribution is -0.139. The molecule has 0 spiro atoms. The van der Waals surface area contributed by atoms with E-state index < -0.39 is 12.6 Å². The number of nitrogens with zero attached hydrogens (tertiary/aromatic N) is 2. The Morgan fingerprint density at radius 1 is 1.17 bits per heavy atom. The Bertz CT molecular complexity index is 830. The average Bonchev–Trinajstić information content (AvgIpc) is 3.03. The first-order chi connectivity index (χ1) is 11.1. The number of hydrogen-bond donors (Lipinski definition) is 1. The molecule has 1 N–H and O–H groups in total. The molecule has 0 fully saturated rings. The van der Waals surface area contributed by atoms with Crippen LogP contribution in [0.1, 0.15) is 0 Å². The molecule has 0 saturated carbocycles. The van der Waals surface area contributed by atoms with Crippen LogP contribution >= 0.6 is 11.6 Å². The van der Waals surface area contributed by atoms with Gasteiger partial charge in [0, 0.05) is 10.6 Å². The van der Waals surface area contributed by atoms with Crippen LogP contribution in [-0.4, -0.2) is 27.8 Å². The maximum absolute atomic E-state index is 10.6. The molecule has 116 valence electrons. The Hall–Kier alpha value is -2.86. The summed E-state index contributed by atoms with van der Waals surface area (Å²) in [5, 5.41) is 13.3. The maximum atomic E-state index is 10.6. The Balaban J connectivity index is 1.91. The molecule has 0 aliphatic rings. The normalized spacial score (nSPS) is 10.5. The summed E-state index contributed by atoms with van der Waals surface area (Å²) in [6.07, 6.45) is 0. The van der Waals surface area contributed by atoms with Gasteiger partial charge in [-0.25, -0.2) is 4.79 Å². The van der Waals surface area contributed by atoms with E-state index in [-0.39, 0.29) is 5.89 Å². The van der Waals surface area contributed by atoms with Gasteiger partial charge >= 0.3 is 5.97 Å². The summed E-state index contributed by atoms with van der Waals surface area (Å²) in [5.41, 5.74) is 1.29. The van der Waals surface area contributed by atoms with Crippen LogP contribution in [0.25, 0.3) is 22.8 Å². The van der Waals surface area contributed by atoms with E-state index in [1.165, 1.54) is 0 Å². The van der Waals surface area contributed by atoms with Gasteiger partial charge in [0.05, 0.1) is 5.56 Å². The molecule has 0 bridgehead atoms. The number of benzene rings is 2. The molecule has 1 aromatic heterocycles. The van der Waals surface area contributed by atoms with Crippen LogP contribution in [0.5, 0.6) is 5.75 Å². The fourth-order valence-corrected chi connectivity index (χ4v) is 2.08. The molecule has 0 saturated heterocycles. The molecule has 23 heavy (non-hydrogen) atoms. The van der Waals surface area contributed by atoms with Crippen molar-refractivity contribution >= 4 is 17.6 Å². The van der Waals surface area contributed by atoms with Crippen molar-refractivity contribution in [3.63, 3.8) is 0 Å². The summed E-state index contributed by atoms with van der Waals surface area (Å²) < 4.78 is 10.5. The Morgan fingerprint density at radius 3 is 2.65 bits per heavy atom. The molecule has 3 aromatic rings. The highest BCUT2D eigenvalue weighted by Gasteiger charge is 2.15. The fraction of sp³-hybridized carbons (Fsp3) is 0.0625. The van der Waals surface area contributed by atoms with Gasteiger partial charge in [0.1, 0.15) is 5.75 Å². The average molecular weight is 331 g/mol. The molecule has 0 atom stereocenters. The van der Waals surface area contributed by atoms with Crippen molar-refractivity contribution in [1.82, 2.24) is 10.1 Å². The topological polar surface area (TPSA) is 85.5 Å². The van der Waals surface area contributed by atoms with E-state index in [2.05, 4.69) is 10.1 Å². The number of rotatable bonds is 5. The highest BCUT2D eigenvalue weighted by atomic mass is 35.5. The van der Waals surface area contributed by atoms with Crippen molar-refractivity contribution in [3.05, 3.63) is 53.6 Å². The maximum Gasteiger partial charge on any atom is 0.341 e. The van der Waals surface area contributed by atoms with E-state index in [4.69, 9.17) is 26.0 Å². The molecular formula is C16H11ClN2O4. The number of carboxylic acid groups (broad SMARTS) is 1. The van der Waals surface area contributed by atoms with E-state index in [9.17, 15) is 4.79 Å². The second kappa shape index (κ2) is 6.50. The number of aliphatic carboxylic acids is 1. The van der Waals surface area contributed by atoms with Gasteiger partial charge in [0.2, 0.25) is 5.82 Å². The summed E-state index contributed by atoms with van der Waals surface area (Å²) in [7, 11) is 0. The smallest absolute Gasteiger partial charge is 0.341 e. The third kappa shape index (κ3) is 3.49. The van der Waals surface area contributed by atoms with Crippen LogP contribution in [0.4, 0.5) is 0 Å². The quantitative estimate of drug-likeness (QED) is 0.770. The number of aromatic nitrogens is 2. The van der Waals surface area contributed by atoms with Crippen molar-refractivity contribution < 1.29 is 19.2 Å². The van der Waals surface area contributed by atoms with Crippen LogP contribution in [0, 0.1) is 0 Å². The van der Waals surface area contributed by atoms with E-state index >= 15 is 0 Å². The van der Waals surface area contributed by atoms with Crippen molar-refractivity contribution in [3.8, 4) is 28.6 Å². The number of carboxylic acids is 1. The first-order valence-corrected chi connectivity index (χ1v) is 7.05. The van der Waals surface area contributed by atoms with Gasteiger partial charge in [0.15, 0.2) is 6.61 Å². The first-order valence-electron chi connectivity index (χ1n) is 6.67. The molecule has 6 nitrogen and oxygen atoms in total. The van der Waals surface area contributed by atoms with Crippen molar-refractivity contribution in [2.24, 2.45) is 0 Å². The van der Waals surface area contributed by atoms with Crippen LogP contribution in [0.15, 0.2) is 53.1 Å². The first kappa shape index (κ1) is 15.1. The monoisotopic (exact) mass is 330 g/mol. The predicted molar refractivity (Wildman–Crippen MR) is 83.3 cm³/mol. The molecule has 0 aliphatic carbocycles. The summed E-state index contributed by atoms with van der Waals surface area (Å²) in [5.74, 6) is -0.0472. The molecule has 0 aliphatic heterocycles. The molecule has 2 aromatic carbocycles. The van der Waals surface area contributed by atoms with Crippen molar-refractivity contribution in [1.29, 1.82) is 0 Å². The molecule has 7 heteroatoms. The minimum atomic E-state index is -1.06. The third-order valence-electron chi connectivity index (χ3n) is 3.00. The Morgan fingerprint density at radius 2 is 1.91 bits per heavy atom. The molecule has 0 unspecified atom stereocenters. The zero-order valence-corrected chi connectivity index (χ0v) is 12.5. The van der Waals surface area contributed by atoms with Crippen LogP contribution in [0.3, 0.4) is 0 Å². The van der Waals surface area contributed by atoms with Gasteiger partial charge in [-0.15, -0.1) is 0 Å². The zero-order valence-electron chi connectivity index (χ0n) is 11.8. The van der Waals surface area contributed by atoms with E-state index in [1.54, 1.807) is 48.5 Å². The lowest BCUT2D eigenvalue weighted by atomic mass is 10.2. The minimum Gasteiger partial charge on any atom is -0.481 e. The van der Waals surface area contributed by atoms with Gasteiger partial charge < -0.3 is 14.4 Å². The SMILES string of the molecule is O=C(O)COc1ccccc1-c1nc(-c2ccc(Cl)cc2)no1. The summed E-state index contributed by atoms with van der Waals surface area (Å²) in [6, 6.07) is 13.9. The van der Waals surface area contributed by atoms with Crippen molar-refractivity contribution in [2.75, 3.05) is 6.61 Å². The molecule has 0 amide bonds. The fourth-order valence-electron chi connectivity index (χ4n) is 1.96. The standard InChI is InChI=1S/C16H11ClN2O4/c17-11-7-5-10(6-8-11)15-18-16(23-19-15)12-3-1-2-4-13(12)22-9-14(20)21/h1-8H,9H2,(H,20,21). The number of ether oxygens (including phenoxy) is 1. The molecule has 3 rings (SSSR count). The highest BCUT2D eigenvalue weighted by Crippen LogP contribution is 2.30. The Labute approximate surface area is 136 Å². The van der Waals surface area contributed by atoms with E-state index in [1.807, 2.05) is 0 Å². The summed E-state index contributed by atoms with van der Waals surface area (Å²) >= 11 is 5.85. The van der Waals surface area contributed by atoms with Crippen LogP contribution < -0.4 is 4.74 Å². The minimum absolute atomic E-state index is 0.246. The highest BCUT2D eigenvalue weighted by molar-refractivity contribution is 6.30. The largest absolute Gasteiger partial charge is 0.481 e. The second-order valence-electron chi connectivity index (χ2n) is 4.61. The number of halogens is 1. The van der Waals surface area contributed by atoms with Gasteiger partial charge in [-0.05, 0) is 36.4 Å². The van der Waals surface area contributed by atoms with E-state index in [0.717, 1.165) is 5.56 Å². The number of para-hydroxylation sites is 1. The van der Waals surface area contributed by atoms with Crippen LogP contribution in [-0.2, 0) is 4.79 Å². The predicted octanol–water partition coefficient (Wildman–Crippen LogP) is 3.52. The van der Waals surface area contributed by atoms with Gasteiger partial charge in [-0.2, -0.15) is 4.98 Å². The molecular weight excluding hydrogens is 320 g/mol. The molecule has 1 heterocycles. The van der Waals surface area contributed by atoms with Crippen molar-refractivity contribution in [2.45, 2.75) is 0 Å². The Kier molecular flexibility index (Phi) is 4.25. The lowest BCUT2D eigenvalue weighted by Crippen LogP contribution is -2.09. The summed E-state index contributed by atoms with van der Waals surface area (Å²) in [6.45, 7) is -0.449. The van der Waals surface area contributed by atoms with Gasteiger partial charge in [-0.1, -0.05) is 28.9 Å². The second-order valence-corrected chi connectivity index (χ2v) is 5.05. The molecule has 0 radical (unpaired) electrons. The van der Waals surface area contributed by atoms with Crippen LogP contribution in [0.2, 0.25) is 5.02 Å². The number of hydrogen-bond acceptors (Lipinski definition) is 5. The van der Waals surface area contributed by atoms with Gasteiger partial charge in [0.25, 0.3) is 5.89 Å². The third-order valence-corrected chi connectivity index (χ3v) is 3.25. The summed E-state index contributed by atoms with van der Waals surface area (Å²) in [4.78, 5) is 15.0. The van der Waals surface area contributed by atoms with Gasteiger partial charge in [-0.3, -0.25) is 0 Å². The number of carbonyl (C=O) groups is 1. The van der Waals surface area contributed by atoms with E-state index in [0.29, 0.717) is 22.2 Å². The zero-order chi connectivity index (χ0) is 16.2.